The molecule has 0 heterocycles. The second kappa shape index (κ2) is 4.77. The zero-order valence-electron chi connectivity index (χ0n) is 8.87. The number of rotatable bonds is 1. The summed E-state index contributed by atoms with van der Waals surface area (Å²) in [5.41, 5.74) is 0. The van der Waals surface area contributed by atoms with Crippen LogP contribution < -0.4 is 0 Å². The van der Waals surface area contributed by atoms with Gasteiger partial charge in [0.05, 0.1) is 0 Å². The molecule has 0 saturated heterocycles. The molecule has 0 aromatic rings. The molecule has 1 fully saturated rings. The van der Waals surface area contributed by atoms with Crippen molar-refractivity contribution in [3.8, 4) is 0 Å². The third kappa shape index (κ3) is 2.26. The third-order valence-electron chi connectivity index (χ3n) is 3.66. The van der Waals surface area contributed by atoms with Crippen LogP contribution >= 0.6 is 0 Å². The van der Waals surface area contributed by atoms with E-state index >= 15 is 0 Å². The van der Waals surface area contributed by atoms with E-state index in [0.29, 0.717) is 17.6 Å². The molecule has 0 aromatic carbocycles. The number of hydrogen-bond donors (Lipinski definition) is 0. The number of ketones is 1. The lowest BCUT2D eigenvalue weighted by atomic mass is 9.80. The molecule has 0 spiro atoms. The van der Waals surface area contributed by atoms with Gasteiger partial charge in [-0.25, -0.2) is 0 Å². The molecule has 2 aliphatic rings. The van der Waals surface area contributed by atoms with E-state index < -0.39 is 0 Å². The van der Waals surface area contributed by atoms with E-state index in [1.165, 1.54) is 32.1 Å². The first-order chi connectivity index (χ1) is 6.88. The smallest absolute Gasteiger partial charge is 0.136 e. The molecule has 0 aromatic heterocycles. The van der Waals surface area contributed by atoms with Crippen molar-refractivity contribution in [3.63, 3.8) is 0 Å². The number of carbonyl (C=O) groups is 1. The van der Waals surface area contributed by atoms with Gasteiger partial charge in [-0.3, -0.25) is 4.79 Å². The Morgan fingerprint density at radius 3 is 2.79 bits per heavy atom. The van der Waals surface area contributed by atoms with Crippen molar-refractivity contribution < 1.29 is 4.79 Å². The van der Waals surface area contributed by atoms with Crippen molar-refractivity contribution >= 4 is 5.78 Å². The largest absolute Gasteiger partial charge is 0.299 e. The average molecular weight is 192 g/mol. The molecule has 0 radical (unpaired) electrons. The third-order valence-corrected chi connectivity index (χ3v) is 3.66. The van der Waals surface area contributed by atoms with Crippen molar-refractivity contribution in [2.24, 2.45) is 11.8 Å². The Bertz CT molecular complexity index is 229. The number of carbonyl (C=O) groups excluding carboxylic acids is 1. The van der Waals surface area contributed by atoms with Gasteiger partial charge in [-0.1, -0.05) is 25.0 Å². The van der Waals surface area contributed by atoms with Gasteiger partial charge in [0.1, 0.15) is 5.78 Å². The minimum atomic E-state index is 0.369. The van der Waals surface area contributed by atoms with Crippen LogP contribution in [0.25, 0.3) is 0 Å². The van der Waals surface area contributed by atoms with Crippen LogP contribution in [0.4, 0.5) is 0 Å². The molecule has 0 bridgehead atoms. The van der Waals surface area contributed by atoms with Gasteiger partial charge in [0.25, 0.3) is 0 Å². The van der Waals surface area contributed by atoms with Crippen LogP contribution in [-0.4, -0.2) is 5.78 Å². The molecule has 1 nitrogen and oxygen atoms in total. The van der Waals surface area contributed by atoms with Crippen LogP contribution in [-0.2, 0) is 4.79 Å². The van der Waals surface area contributed by atoms with E-state index in [1.54, 1.807) is 0 Å². The van der Waals surface area contributed by atoms with Gasteiger partial charge >= 0.3 is 0 Å². The van der Waals surface area contributed by atoms with Crippen molar-refractivity contribution in [1.29, 1.82) is 0 Å². The van der Waals surface area contributed by atoms with Crippen LogP contribution in [0.1, 0.15) is 51.4 Å². The standard InChI is InChI=1S/C13H20O/c14-13-10-6-2-5-9-12(13)11-7-3-1-4-8-11/h3,7,11-12H,1-2,4-6,8-10H2. The average Bonchev–Trinajstić information content (AvgIpc) is 2.44. The molecule has 2 atom stereocenters. The predicted molar refractivity (Wildman–Crippen MR) is 58.1 cm³/mol. The quantitative estimate of drug-likeness (QED) is 0.459. The fraction of sp³-hybridized carbons (Fsp3) is 0.769. The Morgan fingerprint density at radius 2 is 2.00 bits per heavy atom. The Morgan fingerprint density at radius 1 is 1.07 bits per heavy atom. The summed E-state index contributed by atoms with van der Waals surface area (Å²) in [6.45, 7) is 0. The molecule has 0 aliphatic heterocycles. The van der Waals surface area contributed by atoms with E-state index in [0.717, 1.165) is 19.3 Å². The van der Waals surface area contributed by atoms with Crippen molar-refractivity contribution in [1.82, 2.24) is 0 Å². The first-order valence-corrected chi connectivity index (χ1v) is 6.07. The SMILES string of the molecule is O=C1CCCCCC1C1C=CCCC1. The molecule has 78 valence electrons. The van der Waals surface area contributed by atoms with Gasteiger partial charge in [0.2, 0.25) is 0 Å². The van der Waals surface area contributed by atoms with E-state index in [2.05, 4.69) is 12.2 Å². The van der Waals surface area contributed by atoms with Gasteiger partial charge < -0.3 is 0 Å². The van der Waals surface area contributed by atoms with Gasteiger partial charge in [0.15, 0.2) is 0 Å². The van der Waals surface area contributed by atoms with Crippen molar-refractivity contribution in [2.75, 3.05) is 0 Å². The highest BCUT2D eigenvalue weighted by Gasteiger charge is 2.27. The maximum absolute atomic E-state index is 11.9. The van der Waals surface area contributed by atoms with E-state index in [4.69, 9.17) is 0 Å². The van der Waals surface area contributed by atoms with Crippen LogP contribution in [0.3, 0.4) is 0 Å². The Balaban J connectivity index is 2.02. The zero-order valence-corrected chi connectivity index (χ0v) is 8.87. The summed E-state index contributed by atoms with van der Waals surface area (Å²) in [6.07, 6.45) is 14.0. The zero-order chi connectivity index (χ0) is 9.80. The van der Waals surface area contributed by atoms with E-state index in [9.17, 15) is 4.79 Å². The molecular formula is C13H20O. The molecule has 1 heteroatoms. The molecule has 1 saturated carbocycles. The monoisotopic (exact) mass is 192 g/mol. The van der Waals surface area contributed by atoms with Gasteiger partial charge in [-0.05, 0) is 38.0 Å². The second-order valence-electron chi connectivity index (χ2n) is 4.70. The highest BCUT2D eigenvalue weighted by molar-refractivity contribution is 5.81. The van der Waals surface area contributed by atoms with Crippen molar-refractivity contribution in [3.05, 3.63) is 12.2 Å². The summed E-state index contributed by atoms with van der Waals surface area (Å²) >= 11 is 0. The highest BCUT2D eigenvalue weighted by atomic mass is 16.1. The summed E-state index contributed by atoms with van der Waals surface area (Å²) in [5.74, 6) is 1.49. The number of hydrogen-bond acceptors (Lipinski definition) is 1. The number of Topliss-reactive ketones (excluding diaryl/α,β-unsaturated/α-hetero) is 1. The minimum Gasteiger partial charge on any atom is -0.299 e. The predicted octanol–water partition coefficient (Wildman–Crippen LogP) is 3.49. The Kier molecular flexibility index (Phi) is 3.39. The lowest BCUT2D eigenvalue weighted by Crippen LogP contribution is -2.22. The summed E-state index contributed by atoms with van der Waals surface area (Å²) in [4.78, 5) is 11.9. The lowest BCUT2D eigenvalue weighted by molar-refractivity contribution is -0.123. The summed E-state index contributed by atoms with van der Waals surface area (Å²) in [6, 6.07) is 0. The minimum absolute atomic E-state index is 0.369. The Labute approximate surface area is 86.6 Å². The fourth-order valence-electron chi connectivity index (χ4n) is 2.81. The van der Waals surface area contributed by atoms with Gasteiger partial charge in [0, 0.05) is 12.3 Å². The molecular weight excluding hydrogens is 172 g/mol. The first kappa shape index (κ1) is 9.95. The van der Waals surface area contributed by atoms with Crippen LogP contribution in [0.2, 0.25) is 0 Å². The molecule has 2 unspecified atom stereocenters. The Hall–Kier alpha value is -0.590. The maximum atomic E-state index is 11.9. The topological polar surface area (TPSA) is 17.1 Å². The molecule has 14 heavy (non-hydrogen) atoms. The van der Waals surface area contributed by atoms with Crippen molar-refractivity contribution in [2.45, 2.75) is 51.4 Å². The van der Waals surface area contributed by atoms with Gasteiger partial charge in [-0.15, -0.1) is 0 Å². The fourth-order valence-corrected chi connectivity index (χ4v) is 2.81. The molecule has 2 rings (SSSR count). The summed E-state index contributed by atoms with van der Waals surface area (Å²) < 4.78 is 0. The number of allylic oxidation sites excluding steroid dienone is 2. The van der Waals surface area contributed by atoms with E-state index in [1.807, 2.05) is 0 Å². The first-order valence-electron chi connectivity index (χ1n) is 6.07. The molecule has 0 N–H and O–H groups in total. The molecule has 0 amide bonds. The van der Waals surface area contributed by atoms with Crippen LogP contribution in [0, 0.1) is 11.8 Å². The summed E-state index contributed by atoms with van der Waals surface area (Å²) in [7, 11) is 0. The van der Waals surface area contributed by atoms with Crippen LogP contribution in [0.5, 0.6) is 0 Å². The van der Waals surface area contributed by atoms with E-state index in [-0.39, 0.29) is 0 Å². The molecule has 2 aliphatic carbocycles. The van der Waals surface area contributed by atoms with Gasteiger partial charge in [-0.2, -0.15) is 0 Å². The maximum Gasteiger partial charge on any atom is 0.136 e. The van der Waals surface area contributed by atoms with Crippen LogP contribution in [0.15, 0.2) is 12.2 Å². The normalized spacial score (nSPS) is 34.1. The summed E-state index contributed by atoms with van der Waals surface area (Å²) in [5, 5.41) is 0. The highest BCUT2D eigenvalue weighted by Crippen LogP contribution is 2.32. The lowest BCUT2D eigenvalue weighted by Gasteiger charge is -2.24. The second-order valence-corrected chi connectivity index (χ2v) is 4.70.